The maximum absolute atomic E-state index is 5.65. The first-order valence-electron chi connectivity index (χ1n) is 7.27. The summed E-state index contributed by atoms with van der Waals surface area (Å²) >= 11 is 0. The van der Waals surface area contributed by atoms with Gasteiger partial charge in [-0.25, -0.2) is 9.97 Å². The molecule has 0 aliphatic heterocycles. The number of nitrogens with zero attached hydrogens (tertiary/aromatic N) is 2. The van der Waals surface area contributed by atoms with Gasteiger partial charge in [-0.15, -0.1) is 0 Å². The topological polar surface area (TPSA) is 51.8 Å². The monoisotopic (exact) mass is 247 g/mol. The first-order chi connectivity index (χ1) is 8.74. The number of hydrogen-bond donors (Lipinski definition) is 1. The zero-order valence-corrected chi connectivity index (χ0v) is 11.7. The molecule has 0 spiro atoms. The zero-order valence-electron chi connectivity index (χ0n) is 11.7. The fourth-order valence-electron chi connectivity index (χ4n) is 3.02. The standard InChI is InChI=1S/C15H25N3/c1-3-4-12-5-7-13(8-6-12)15-17-10-14(9-16)11(2)18-15/h10,12-13H,3-9,16H2,1-2H3. The van der Waals surface area contributed by atoms with Crippen LogP contribution in [0.2, 0.25) is 0 Å². The summed E-state index contributed by atoms with van der Waals surface area (Å²) in [4.78, 5) is 9.16. The highest BCUT2D eigenvalue weighted by atomic mass is 14.9. The molecule has 1 saturated carbocycles. The lowest BCUT2D eigenvalue weighted by atomic mass is 9.80. The van der Waals surface area contributed by atoms with E-state index < -0.39 is 0 Å². The fourth-order valence-corrected chi connectivity index (χ4v) is 3.02. The molecule has 1 aromatic heterocycles. The molecule has 1 aliphatic carbocycles. The van der Waals surface area contributed by atoms with E-state index in [4.69, 9.17) is 5.73 Å². The minimum Gasteiger partial charge on any atom is -0.326 e. The van der Waals surface area contributed by atoms with Crippen LogP contribution in [0.15, 0.2) is 6.20 Å². The molecule has 0 aromatic carbocycles. The maximum Gasteiger partial charge on any atom is 0.131 e. The third-order valence-corrected chi connectivity index (χ3v) is 4.23. The van der Waals surface area contributed by atoms with Crippen LogP contribution < -0.4 is 5.73 Å². The number of nitrogens with two attached hydrogens (primary N) is 1. The molecule has 100 valence electrons. The van der Waals surface area contributed by atoms with Crippen LogP contribution in [0.25, 0.3) is 0 Å². The van der Waals surface area contributed by atoms with Gasteiger partial charge < -0.3 is 5.73 Å². The van der Waals surface area contributed by atoms with Crippen molar-refractivity contribution in [3.63, 3.8) is 0 Å². The molecule has 1 fully saturated rings. The lowest BCUT2D eigenvalue weighted by Gasteiger charge is -2.27. The summed E-state index contributed by atoms with van der Waals surface area (Å²) in [6.07, 6.45) is 9.82. The van der Waals surface area contributed by atoms with E-state index in [2.05, 4.69) is 16.9 Å². The summed E-state index contributed by atoms with van der Waals surface area (Å²) in [6, 6.07) is 0. The average molecular weight is 247 g/mol. The first-order valence-corrected chi connectivity index (χ1v) is 7.27. The van der Waals surface area contributed by atoms with Crippen molar-refractivity contribution in [2.45, 2.75) is 64.8 Å². The second-order valence-electron chi connectivity index (χ2n) is 5.55. The van der Waals surface area contributed by atoms with E-state index in [9.17, 15) is 0 Å². The summed E-state index contributed by atoms with van der Waals surface area (Å²) < 4.78 is 0. The molecule has 18 heavy (non-hydrogen) atoms. The van der Waals surface area contributed by atoms with E-state index in [-0.39, 0.29) is 0 Å². The smallest absolute Gasteiger partial charge is 0.131 e. The third-order valence-electron chi connectivity index (χ3n) is 4.23. The Labute approximate surface area is 110 Å². The highest BCUT2D eigenvalue weighted by Crippen LogP contribution is 2.36. The Morgan fingerprint density at radius 1 is 1.28 bits per heavy atom. The van der Waals surface area contributed by atoms with Gasteiger partial charge in [-0.3, -0.25) is 0 Å². The molecule has 1 heterocycles. The Balaban J connectivity index is 1.99. The first kappa shape index (κ1) is 13.5. The van der Waals surface area contributed by atoms with Crippen LogP contribution in [-0.2, 0) is 6.54 Å². The normalized spacial score (nSPS) is 24.2. The minimum atomic E-state index is 0.537. The Morgan fingerprint density at radius 3 is 2.56 bits per heavy atom. The molecule has 0 saturated heterocycles. The summed E-state index contributed by atoms with van der Waals surface area (Å²) in [6.45, 7) is 4.86. The summed E-state index contributed by atoms with van der Waals surface area (Å²) in [5, 5.41) is 0. The van der Waals surface area contributed by atoms with Crippen LogP contribution in [0, 0.1) is 12.8 Å². The maximum atomic E-state index is 5.65. The summed E-state index contributed by atoms with van der Waals surface area (Å²) in [5.41, 5.74) is 7.77. The fraction of sp³-hybridized carbons (Fsp3) is 0.733. The highest BCUT2D eigenvalue weighted by Gasteiger charge is 2.23. The van der Waals surface area contributed by atoms with Crippen molar-refractivity contribution < 1.29 is 0 Å². The zero-order chi connectivity index (χ0) is 13.0. The van der Waals surface area contributed by atoms with Crippen molar-refractivity contribution in [2.75, 3.05) is 0 Å². The van der Waals surface area contributed by atoms with Crippen molar-refractivity contribution in [1.29, 1.82) is 0 Å². The van der Waals surface area contributed by atoms with Crippen molar-refractivity contribution in [2.24, 2.45) is 11.7 Å². The van der Waals surface area contributed by atoms with E-state index >= 15 is 0 Å². The molecule has 0 atom stereocenters. The van der Waals surface area contributed by atoms with Crippen LogP contribution in [-0.4, -0.2) is 9.97 Å². The van der Waals surface area contributed by atoms with Gasteiger partial charge in [0.1, 0.15) is 5.82 Å². The van der Waals surface area contributed by atoms with Gasteiger partial charge in [0.2, 0.25) is 0 Å². The molecule has 0 bridgehead atoms. The molecule has 0 amide bonds. The predicted molar refractivity (Wildman–Crippen MR) is 74.3 cm³/mol. The molecule has 3 heteroatoms. The lowest BCUT2D eigenvalue weighted by Crippen LogP contribution is -2.16. The van der Waals surface area contributed by atoms with Crippen molar-refractivity contribution in [1.82, 2.24) is 9.97 Å². The number of aromatic nitrogens is 2. The van der Waals surface area contributed by atoms with Crippen LogP contribution in [0.5, 0.6) is 0 Å². The quantitative estimate of drug-likeness (QED) is 0.888. The summed E-state index contributed by atoms with van der Waals surface area (Å²) in [5.74, 6) is 2.55. The number of aryl methyl sites for hydroxylation is 1. The predicted octanol–water partition coefficient (Wildman–Crippen LogP) is 3.32. The molecule has 1 aromatic rings. The third kappa shape index (κ3) is 3.08. The van der Waals surface area contributed by atoms with Gasteiger partial charge in [0.25, 0.3) is 0 Å². The van der Waals surface area contributed by atoms with Gasteiger partial charge in [-0.05, 0) is 38.5 Å². The number of hydrogen-bond acceptors (Lipinski definition) is 3. The van der Waals surface area contributed by atoms with E-state index in [1.54, 1.807) is 0 Å². The van der Waals surface area contributed by atoms with Gasteiger partial charge in [0.15, 0.2) is 0 Å². The Bertz CT molecular complexity index is 381. The Kier molecular flexibility index (Phi) is 4.70. The molecule has 2 N–H and O–H groups in total. The van der Waals surface area contributed by atoms with E-state index in [1.165, 1.54) is 38.5 Å². The molecule has 2 rings (SSSR count). The highest BCUT2D eigenvalue weighted by molar-refractivity contribution is 5.17. The average Bonchev–Trinajstić information content (AvgIpc) is 2.40. The van der Waals surface area contributed by atoms with E-state index in [0.29, 0.717) is 12.5 Å². The van der Waals surface area contributed by atoms with Crippen LogP contribution in [0.1, 0.15) is 68.4 Å². The second-order valence-corrected chi connectivity index (χ2v) is 5.55. The minimum absolute atomic E-state index is 0.537. The van der Waals surface area contributed by atoms with Crippen molar-refractivity contribution >= 4 is 0 Å². The van der Waals surface area contributed by atoms with Gasteiger partial charge in [0, 0.05) is 29.9 Å². The molecule has 1 aliphatic rings. The summed E-state index contributed by atoms with van der Waals surface area (Å²) in [7, 11) is 0. The Morgan fingerprint density at radius 2 is 2.00 bits per heavy atom. The molecular weight excluding hydrogens is 222 g/mol. The molecule has 3 nitrogen and oxygen atoms in total. The van der Waals surface area contributed by atoms with E-state index in [0.717, 1.165) is 23.0 Å². The van der Waals surface area contributed by atoms with Gasteiger partial charge in [-0.2, -0.15) is 0 Å². The largest absolute Gasteiger partial charge is 0.326 e. The second kappa shape index (κ2) is 6.28. The Hall–Kier alpha value is -0.960. The van der Waals surface area contributed by atoms with Gasteiger partial charge >= 0.3 is 0 Å². The van der Waals surface area contributed by atoms with Crippen molar-refractivity contribution in [3.8, 4) is 0 Å². The van der Waals surface area contributed by atoms with Gasteiger partial charge in [-0.1, -0.05) is 19.8 Å². The SMILES string of the molecule is CCCC1CCC(c2ncc(CN)c(C)n2)CC1. The van der Waals surface area contributed by atoms with Crippen LogP contribution in [0.3, 0.4) is 0 Å². The molecule has 0 unspecified atom stereocenters. The van der Waals surface area contributed by atoms with Crippen LogP contribution in [0.4, 0.5) is 0 Å². The lowest BCUT2D eigenvalue weighted by molar-refractivity contribution is 0.302. The van der Waals surface area contributed by atoms with Crippen molar-refractivity contribution in [3.05, 3.63) is 23.3 Å². The van der Waals surface area contributed by atoms with Crippen LogP contribution >= 0.6 is 0 Å². The molecule has 0 radical (unpaired) electrons. The molecular formula is C15H25N3. The van der Waals surface area contributed by atoms with Gasteiger partial charge in [0.05, 0.1) is 0 Å². The number of rotatable bonds is 4. The van der Waals surface area contributed by atoms with E-state index in [1.807, 2.05) is 13.1 Å².